The second-order valence-corrected chi connectivity index (χ2v) is 5.32. The van der Waals surface area contributed by atoms with E-state index in [9.17, 15) is 27.5 Å². The molecule has 0 amide bonds. The molecule has 1 atom stereocenters. The fourth-order valence-electron chi connectivity index (χ4n) is 1.81. The van der Waals surface area contributed by atoms with E-state index in [4.69, 9.17) is 5.11 Å². The van der Waals surface area contributed by atoms with E-state index in [-0.39, 0.29) is 5.56 Å². The lowest BCUT2D eigenvalue weighted by atomic mass is 9.86. The first-order chi connectivity index (χ1) is 9.94. The van der Waals surface area contributed by atoms with Crippen molar-refractivity contribution in [2.45, 2.75) is 32.0 Å². The highest BCUT2D eigenvalue weighted by Crippen LogP contribution is 2.31. The van der Waals surface area contributed by atoms with Gasteiger partial charge in [-0.3, -0.25) is 4.79 Å². The number of benzene rings is 1. The lowest BCUT2D eigenvalue weighted by molar-refractivity contribution is -0.142. The van der Waals surface area contributed by atoms with Crippen LogP contribution in [0.1, 0.15) is 31.4 Å². The largest absolute Gasteiger partial charge is 0.481 e. The molecule has 0 radical (unpaired) electrons. The molecule has 3 nitrogen and oxygen atoms in total. The number of rotatable bonds is 5. The normalized spacial score (nSPS) is 15.3. The van der Waals surface area contributed by atoms with Crippen molar-refractivity contribution in [3.63, 3.8) is 0 Å². The van der Waals surface area contributed by atoms with Crippen LogP contribution >= 0.6 is 0 Å². The van der Waals surface area contributed by atoms with Crippen molar-refractivity contribution < 1.29 is 32.6 Å². The molecule has 7 heteroatoms. The second-order valence-electron chi connectivity index (χ2n) is 5.32. The lowest BCUT2D eigenvalue weighted by Gasteiger charge is -2.27. The van der Waals surface area contributed by atoms with Crippen molar-refractivity contribution in [3.8, 4) is 0 Å². The van der Waals surface area contributed by atoms with Crippen molar-refractivity contribution in [2.75, 3.05) is 0 Å². The van der Waals surface area contributed by atoms with E-state index in [1.807, 2.05) is 0 Å². The van der Waals surface area contributed by atoms with E-state index in [0.29, 0.717) is 6.07 Å². The van der Waals surface area contributed by atoms with Gasteiger partial charge in [-0.25, -0.2) is 4.39 Å². The first-order valence-electron chi connectivity index (χ1n) is 6.45. The minimum atomic E-state index is -4.69. The topological polar surface area (TPSA) is 57.5 Å². The highest BCUT2D eigenvalue weighted by atomic mass is 19.4. The monoisotopic (exact) mass is 320 g/mol. The van der Waals surface area contributed by atoms with E-state index < -0.39 is 41.5 Å². The van der Waals surface area contributed by atoms with Gasteiger partial charge in [0.15, 0.2) is 0 Å². The molecule has 0 spiro atoms. The molecule has 122 valence electrons. The first-order valence-corrected chi connectivity index (χ1v) is 6.45. The predicted octanol–water partition coefficient (Wildman–Crippen LogP) is 3.72. The molecule has 0 saturated carbocycles. The van der Waals surface area contributed by atoms with Crippen molar-refractivity contribution >= 4 is 12.0 Å². The van der Waals surface area contributed by atoms with Crippen LogP contribution in [0.25, 0.3) is 6.08 Å². The molecule has 1 aromatic carbocycles. The van der Waals surface area contributed by atoms with Crippen LogP contribution in [0.5, 0.6) is 0 Å². The quantitative estimate of drug-likeness (QED) is 0.813. The van der Waals surface area contributed by atoms with Crippen molar-refractivity contribution in [1.29, 1.82) is 0 Å². The Labute approximate surface area is 124 Å². The average molecular weight is 320 g/mol. The maximum atomic E-state index is 13.3. The molecule has 2 N–H and O–H groups in total. The minimum Gasteiger partial charge on any atom is -0.481 e. The number of carboxylic acids is 1. The Morgan fingerprint density at radius 3 is 2.32 bits per heavy atom. The van der Waals surface area contributed by atoms with Crippen LogP contribution in [0, 0.1) is 11.7 Å². The summed E-state index contributed by atoms with van der Waals surface area (Å²) >= 11 is 0. The number of carbonyl (C=O) groups is 1. The molecule has 1 rings (SSSR count). The third-order valence-electron chi connectivity index (χ3n) is 3.25. The molecular weight excluding hydrogens is 304 g/mol. The zero-order valence-corrected chi connectivity index (χ0v) is 12.0. The predicted molar refractivity (Wildman–Crippen MR) is 72.5 cm³/mol. The SMILES string of the molecule is CC(C)C(O)(/C=C/c1cc(F)cc(C(F)(F)F)c1)CC(=O)O. The number of carboxylic acid groups (broad SMARTS) is 1. The van der Waals surface area contributed by atoms with Gasteiger partial charge in [0.25, 0.3) is 0 Å². The van der Waals surface area contributed by atoms with Crippen LogP contribution < -0.4 is 0 Å². The Morgan fingerprint density at radius 2 is 1.86 bits per heavy atom. The van der Waals surface area contributed by atoms with Crippen LogP contribution in [-0.2, 0) is 11.0 Å². The number of halogens is 4. The lowest BCUT2D eigenvalue weighted by Crippen LogP contribution is -2.35. The summed E-state index contributed by atoms with van der Waals surface area (Å²) in [5.74, 6) is -2.81. The molecule has 0 saturated heterocycles. The Hall–Kier alpha value is -1.89. The van der Waals surface area contributed by atoms with Crippen LogP contribution in [0.4, 0.5) is 17.6 Å². The van der Waals surface area contributed by atoms with Crippen LogP contribution in [0.2, 0.25) is 0 Å². The van der Waals surface area contributed by atoms with Gasteiger partial charge in [-0.05, 0) is 29.7 Å². The van der Waals surface area contributed by atoms with Gasteiger partial charge in [0.1, 0.15) is 5.82 Å². The number of hydrogen-bond donors (Lipinski definition) is 2. The van der Waals surface area contributed by atoms with Crippen LogP contribution in [0.3, 0.4) is 0 Å². The average Bonchev–Trinajstić information content (AvgIpc) is 2.33. The smallest absolute Gasteiger partial charge is 0.416 e. The fourth-order valence-corrected chi connectivity index (χ4v) is 1.81. The minimum absolute atomic E-state index is 0.114. The summed E-state index contributed by atoms with van der Waals surface area (Å²) in [5, 5.41) is 19.0. The van der Waals surface area contributed by atoms with Gasteiger partial charge in [0.05, 0.1) is 17.6 Å². The van der Waals surface area contributed by atoms with E-state index >= 15 is 0 Å². The summed E-state index contributed by atoms with van der Waals surface area (Å²) in [6, 6.07) is 1.96. The van der Waals surface area contributed by atoms with Gasteiger partial charge in [-0.2, -0.15) is 13.2 Å². The molecule has 1 aromatic rings. The van der Waals surface area contributed by atoms with Crippen LogP contribution in [0.15, 0.2) is 24.3 Å². The number of aliphatic carboxylic acids is 1. The standard InChI is InChI=1S/C15H16F4O3/c1-9(2)14(22,8-13(20)21)4-3-10-5-11(15(17,18)19)7-12(16)6-10/h3-7,9,22H,8H2,1-2H3,(H,20,21)/b4-3+. The van der Waals surface area contributed by atoms with Gasteiger partial charge in [-0.15, -0.1) is 0 Å². The van der Waals surface area contributed by atoms with Crippen LogP contribution in [-0.4, -0.2) is 21.8 Å². The van der Waals surface area contributed by atoms with Gasteiger partial charge < -0.3 is 10.2 Å². The molecule has 0 fully saturated rings. The Balaban J connectivity index is 3.16. The zero-order chi connectivity index (χ0) is 17.1. The van der Waals surface area contributed by atoms with Gasteiger partial charge in [-0.1, -0.05) is 26.0 Å². The Bertz CT molecular complexity index is 579. The van der Waals surface area contributed by atoms with Crippen molar-refractivity contribution in [2.24, 2.45) is 5.92 Å². The van der Waals surface area contributed by atoms with Gasteiger partial charge in [0, 0.05) is 0 Å². The molecular formula is C15H16F4O3. The fraction of sp³-hybridized carbons (Fsp3) is 0.400. The van der Waals surface area contributed by atoms with Gasteiger partial charge in [0.2, 0.25) is 0 Å². The van der Waals surface area contributed by atoms with Crippen molar-refractivity contribution in [3.05, 3.63) is 41.2 Å². The van der Waals surface area contributed by atoms with E-state index in [1.54, 1.807) is 13.8 Å². The Morgan fingerprint density at radius 1 is 1.27 bits per heavy atom. The summed E-state index contributed by atoms with van der Waals surface area (Å²) in [6.07, 6.45) is -3.13. The maximum absolute atomic E-state index is 13.3. The molecule has 0 aliphatic rings. The number of hydrogen-bond acceptors (Lipinski definition) is 2. The number of aliphatic hydroxyl groups is 1. The highest BCUT2D eigenvalue weighted by molar-refractivity contribution is 5.69. The maximum Gasteiger partial charge on any atom is 0.416 e. The van der Waals surface area contributed by atoms with Gasteiger partial charge >= 0.3 is 12.1 Å². The third kappa shape index (κ3) is 4.84. The van der Waals surface area contributed by atoms with Crippen molar-refractivity contribution in [1.82, 2.24) is 0 Å². The number of alkyl halides is 3. The molecule has 22 heavy (non-hydrogen) atoms. The molecule has 0 aliphatic carbocycles. The molecule has 0 aromatic heterocycles. The third-order valence-corrected chi connectivity index (χ3v) is 3.25. The summed E-state index contributed by atoms with van der Waals surface area (Å²) < 4.78 is 51.1. The van der Waals surface area contributed by atoms with E-state index in [1.165, 1.54) is 0 Å². The van der Waals surface area contributed by atoms with E-state index in [2.05, 4.69) is 0 Å². The van der Waals surface area contributed by atoms with E-state index in [0.717, 1.165) is 24.3 Å². The summed E-state index contributed by atoms with van der Waals surface area (Å²) in [6.45, 7) is 3.14. The first kappa shape index (κ1) is 18.2. The highest BCUT2D eigenvalue weighted by Gasteiger charge is 2.32. The molecule has 0 aliphatic heterocycles. The Kier molecular flexibility index (Phi) is 5.35. The summed E-state index contributed by atoms with van der Waals surface area (Å²) in [5.41, 5.74) is -3.01. The molecule has 0 bridgehead atoms. The summed E-state index contributed by atoms with van der Waals surface area (Å²) in [7, 11) is 0. The molecule has 0 heterocycles. The second kappa shape index (κ2) is 6.48. The zero-order valence-electron chi connectivity index (χ0n) is 12.0. The summed E-state index contributed by atoms with van der Waals surface area (Å²) in [4.78, 5) is 10.8. The molecule has 1 unspecified atom stereocenters.